The number of ether oxygens (including phenoxy) is 1. The largest absolute Gasteiger partial charge is 0.454 e. The molecular formula is C23H31N3O5. The van der Waals surface area contributed by atoms with Crippen molar-refractivity contribution >= 4 is 29.5 Å². The molecule has 3 rings (SSSR count). The van der Waals surface area contributed by atoms with Crippen LogP contribution in [0, 0.1) is 5.92 Å². The molecule has 1 spiro atoms. The molecule has 0 radical (unpaired) electrons. The van der Waals surface area contributed by atoms with Crippen molar-refractivity contribution in [2.75, 3.05) is 18.5 Å². The molecule has 2 N–H and O–H groups in total. The second-order valence-electron chi connectivity index (χ2n) is 9.48. The predicted molar refractivity (Wildman–Crippen MR) is 115 cm³/mol. The van der Waals surface area contributed by atoms with Gasteiger partial charge in [0.25, 0.3) is 11.8 Å². The molecule has 4 amide bonds. The number of amides is 4. The van der Waals surface area contributed by atoms with Gasteiger partial charge in [-0.2, -0.15) is 0 Å². The Labute approximate surface area is 182 Å². The fourth-order valence-electron chi connectivity index (χ4n) is 4.21. The first-order chi connectivity index (χ1) is 14.5. The lowest BCUT2D eigenvalue weighted by atomic mass is 9.73. The van der Waals surface area contributed by atoms with Gasteiger partial charge in [-0.3, -0.25) is 19.3 Å². The van der Waals surface area contributed by atoms with Gasteiger partial charge >= 0.3 is 12.0 Å². The number of rotatable bonds is 5. The average Bonchev–Trinajstić information content (AvgIpc) is 2.93. The fourth-order valence-corrected chi connectivity index (χ4v) is 4.21. The van der Waals surface area contributed by atoms with Crippen LogP contribution in [0.2, 0.25) is 0 Å². The van der Waals surface area contributed by atoms with Crippen LogP contribution in [-0.2, 0) is 24.5 Å². The molecule has 1 saturated heterocycles. The molecule has 1 aliphatic heterocycles. The van der Waals surface area contributed by atoms with Crippen LogP contribution in [0.15, 0.2) is 24.3 Å². The number of carbonyl (C=O) groups excluding carboxylic acids is 4. The second-order valence-corrected chi connectivity index (χ2v) is 9.48. The van der Waals surface area contributed by atoms with E-state index in [9.17, 15) is 19.2 Å². The van der Waals surface area contributed by atoms with Crippen LogP contribution in [0.5, 0.6) is 0 Å². The number of carbonyl (C=O) groups is 4. The van der Waals surface area contributed by atoms with E-state index < -0.39 is 36.6 Å². The van der Waals surface area contributed by atoms with Crippen LogP contribution in [0.4, 0.5) is 10.5 Å². The van der Waals surface area contributed by atoms with E-state index in [4.69, 9.17) is 4.74 Å². The highest BCUT2D eigenvalue weighted by Crippen LogP contribution is 2.38. The molecule has 0 unspecified atom stereocenters. The molecule has 8 heteroatoms. The van der Waals surface area contributed by atoms with Gasteiger partial charge in [-0.15, -0.1) is 0 Å². The van der Waals surface area contributed by atoms with Gasteiger partial charge in [0.15, 0.2) is 6.61 Å². The van der Waals surface area contributed by atoms with Crippen LogP contribution in [-0.4, -0.2) is 47.4 Å². The summed E-state index contributed by atoms with van der Waals surface area (Å²) in [5.74, 6) is -1.67. The Bertz CT molecular complexity index is 874. The van der Waals surface area contributed by atoms with Crippen molar-refractivity contribution in [3.05, 3.63) is 29.8 Å². The van der Waals surface area contributed by atoms with Crippen LogP contribution >= 0.6 is 0 Å². The summed E-state index contributed by atoms with van der Waals surface area (Å²) in [6.45, 7) is 7.24. The molecule has 1 heterocycles. The normalized spacial score (nSPS) is 23.6. The van der Waals surface area contributed by atoms with E-state index >= 15 is 0 Å². The Kier molecular flexibility index (Phi) is 6.38. The average molecular weight is 430 g/mol. The molecule has 2 aliphatic rings. The standard InChI is InChI=1S/C23H31N3O5/c1-15-7-5-6-12-23(15)20(29)26(21(30)25-23)13-19(28)31-14-18(27)24-17-10-8-16(9-11-17)22(2,3)4/h8-11,15H,5-7,12-14H2,1-4H3,(H,24,27)(H,25,30)/t15-,23-/m1/s1. The van der Waals surface area contributed by atoms with E-state index in [2.05, 4.69) is 31.4 Å². The van der Waals surface area contributed by atoms with Gasteiger partial charge in [-0.05, 0) is 41.9 Å². The molecule has 2 atom stereocenters. The molecule has 168 valence electrons. The van der Waals surface area contributed by atoms with Crippen molar-refractivity contribution in [1.29, 1.82) is 0 Å². The first-order valence-electron chi connectivity index (χ1n) is 10.7. The number of esters is 1. The molecule has 1 aromatic rings. The first kappa shape index (κ1) is 22.8. The second kappa shape index (κ2) is 8.69. The van der Waals surface area contributed by atoms with Crippen molar-refractivity contribution in [3.8, 4) is 0 Å². The number of imide groups is 1. The predicted octanol–water partition coefficient (Wildman–Crippen LogP) is 2.97. The number of benzene rings is 1. The summed E-state index contributed by atoms with van der Waals surface area (Å²) in [6.07, 6.45) is 3.29. The van der Waals surface area contributed by atoms with E-state index in [1.807, 2.05) is 19.1 Å². The van der Waals surface area contributed by atoms with Gasteiger partial charge in [0.1, 0.15) is 12.1 Å². The minimum absolute atomic E-state index is 0.00532. The minimum Gasteiger partial charge on any atom is -0.454 e. The summed E-state index contributed by atoms with van der Waals surface area (Å²) >= 11 is 0. The monoisotopic (exact) mass is 429 g/mol. The summed E-state index contributed by atoms with van der Waals surface area (Å²) in [5.41, 5.74) is 0.810. The molecule has 0 bridgehead atoms. The molecule has 31 heavy (non-hydrogen) atoms. The summed E-state index contributed by atoms with van der Waals surface area (Å²) in [6, 6.07) is 6.86. The van der Waals surface area contributed by atoms with Gasteiger partial charge in [0.2, 0.25) is 0 Å². The van der Waals surface area contributed by atoms with E-state index in [0.29, 0.717) is 12.1 Å². The van der Waals surface area contributed by atoms with Crippen molar-refractivity contribution < 1.29 is 23.9 Å². The van der Waals surface area contributed by atoms with Crippen LogP contribution in [0.1, 0.15) is 58.9 Å². The van der Waals surface area contributed by atoms with Gasteiger partial charge in [0, 0.05) is 5.69 Å². The van der Waals surface area contributed by atoms with Crippen molar-refractivity contribution in [1.82, 2.24) is 10.2 Å². The maximum absolute atomic E-state index is 12.9. The van der Waals surface area contributed by atoms with Crippen molar-refractivity contribution in [2.24, 2.45) is 5.92 Å². The highest BCUT2D eigenvalue weighted by Gasteiger charge is 2.55. The Morgan fingerprint density at radius 1 is 1.19 bits per heavy atom. The Morgan fingerprint density at radius 2 is 1.87 bits per heavy atom. The zero-order valence-corrected chi connectivity index (χ0v) is 18.6. The van der Waals surface area contributed by atoms with Gasteiger partial charge < -0.3 is 15.4 Å². The lowest BCUT2D eigenvalue weighted by Crippen LogP contribution is -2.54. The van der Waals surface area contributed by atoms with Gasteiger partial charge in [-0.1, -0.05) is 52.7 Å². The topological polar surface area (TPSA) is 105 Å². The SMILES string of the molecule is C[C@@H]1CCCC[C@@]12NC(=O)N(CC(=O)OCC(=O)Nc1ccc(C(C)(C)C)cc1)C2=O. The van der Waals surface area contributed by atoms with E-state index in [1.54, 1.807) is 12.1 Å². The summed E-state index contributed by atoms with van der Waals surface area (Å²) in [7, 11) is 0. The number of nitrogens with one attached hydrogen (secondary N) is 2. The van der Waals surface area contributed by atoms with Crippen molar-refractivity contribution in [2.45, 2.75) is 64.3 Å². The van der Waals surface area contributed by atoms with Crippen LogP contribution in [0.3, 0.4) is 0 Å². The van der Waals surface area contributed by atoms with E-state index in [0.717, 1.165) is 29.7 Å². The minimum atomic E-state index is -0.924. The van der Waals surface area contributed by atoms with Gasteiger partial charge in [0.05, 0.1) is 0 Å². The van der Waals surface area contributed by atoms with Crippen LogP contribution < -0.4 is 10.6 Å². The first-order valence-corrected chi connectivity index (χ1v) is 10.7. The van der Waals surface area contributed by atoms with Crippen molar-refractivity contribution in [3.63, 3.8) is 0 Å². The smallest absolute Gasteiger partial charge is 0.326 e. The maximum atomic E-state index is 12.9. The fraction of sp³-hybridized carbons (Fsp3) is 0.565. The molecule has 1 saturated carbocycles. The van der Waals surface area contributed by atoms with Crippen LogP contribution in [0.25, 0.3) is 0 Å². The van der Waals surface area contributed by atoms with Gasteiger partial charge in [-0.25, -0.2) is 4.79 Å². The highest BCUT2D eigenvalue weighted by molar-refractivity contribution is 6.09. The third-order valence-corrected chi connectivity index (χ3v) is 6.19. The maximum Gasteiger partial charge on any atom is 0.326 e. The lowest BCUT2D eigenvalue weighted by molar-refractivity contribution is -0.150. The number of urea groups is 1. The summed E-state index contributed by atoms with van der Waals surface area (Å²) < 4.78 is 4.99. The van der Waals surface area contributed by atoms with E-state index in [-0.39, 0.29) is 17.2 Å². The number of anilines is 1. The highest BCUT2D eigenvalue weighted by atomic mass is 16.5. The molecule has 1 aliphatic carbocycles. The Hall–Kier alpha value is -2.90. The molecular weight excluding hydrogens is 398 g/mol. The zero-order chi connectivity index (χ0) is 22.8. The lowest BCUT2D eigenvalue weighted by Gasteiger charge is -2.36. The zero-order valence-electron chi connectivity index (χ0n) is 18.6. The molecule has 2 fully saturated rings. The molecule has 0 aromatic heterocycles. The van der Waals surface area contributed by atoms with E-state index in [1.165, 1.54) is 0 Å². The molecule has 1 aromatic carbocycles. The number of nitrogens with zero attached hydrogens (tertiary/aromatic N) is 1. The quantitative estimate of drug-likeness (QED) is 0.553. The Balaban J connectivity index is 1.50. The molecule has 8 nitrogen and oxygen atoms in total. The third-order valence-electron chi connectivity index (χ3n) is 6.19. The third kappa shape index (κ3) is 4.89. The summed E-state index contributed by atoms with van der Waals surface area (Å²) in [4.78, 5) is 50.4. The number of hydrogen-bond acceptors (Lipinski definition) is 5. The Morgan fingerprint density at radius 3 is 2.48 bits per heavy atom. The summed E-state index contributed by atoms with van der Waals surface area (Å²) in [5, 5.41) is 5.45. The number of hydrogen-bond donors (Lipinski definition) is 2.